The van der Waals surface area contributed by atoms with Crippen molar-refractivity contribution in [3.8, 4) is 0 Å². The molecule has 0 unspecified atom stereocenters. The molecular formula is C8H22O3. The minimum atomic E-state index is 0. The van der Waals surface area contributed by atoms with Gasteiger partial charge in [-0.3, -0.25) is 0 Å². The molecule has 0 aliphatic heterocycles. The molecule has 0 amide bonds. The molecule has 0 aromatic heterocycles. The van der Waals surface area contributed by atoms with Gasteiger partial charge in [-0.05, 0) is 27.7 Å². The third kappa shape index (κ3) is 40.8. The molecule has 0 atom stereocenters. The predicted octanol–water partition coefficient (Wildman–Crippen LogP) is 1.26. The zero-order valence-electron chi connectivity index (χ0n) is 8.14. The van der Waals surface area contributed by atoms with Crippen LogP contribution in [0, 0.1) is 0 Å². The lowest BCUT2D eigenvalue weighted by Gasteiger charge is -1.86. The van der Waals surface area contributed by atoms with Crippen LogP contribution >= 0.6 is 0 Å². The Labute approximate surface area is 70.0 Å². The van der Waals surface area contributed by atoms with E-state index < -0.39 is 0 Å². The van der Waals surface area contributed by atoms with E-state index in [1.807, 2.05) is 27.7 Å². The first-order valence-corrected chi connectivity index (χ1v) is 3.98. The van der Waals surface area contributed by atoms with Crippen molar-refractivity contribution < 1.29 is 14.9 Å². The second-order valence-electron chi connectivity index (χ2n) is 1.56. The van der Waals surface area contributed by atoms with Crippen LogP contribution in [0.25, 0.3) is 0 Å². The summed E-state index contributed by atoms with van der Waals surface area (Å²) >= 11 is 0. The van der Waals surface area contributed by atoms with Crippen molar-refractivity contribution in [2.75, 3.05) is 26.4 Å². The van der Waals surface area contributed by atoms with Crippen molar-refractivity contribution in [3.05, 3.63) is 0 Å². The Morgan fingerprint density at radius 3 is 0.818 bits per heavy atom. The van der Waals surface area contributed by atoms with Gasteiger partial charge in [-0.2, -0.15) is 0 Å². The number of ether oxygens (including phenoxy) is 2. The van der Waals surface area contributed by atoms with Crippen molar-refractivity contribution >= 4 is 0 Å². The molecule has 0 rings (SSSR count). The molecule has 72 valence electrons. The average Bonchev–Trinajstić information content (AvgIpc) is 1.93. The first-order chi connectivity index (χ1) is 4.83. The lowest BCUT2D eigenvalue weighted by Crippen LogP contribution is -1.84. The topological polar surface area (TPSA) is 50.0 Å². The Morgan fingerprint density at radius 1 is 0.636 bits per heavy atom. The van der Waals surface area contributed by atoms with Gasteiger partial charge in [-0.1, -0.05) is 0 Å². The van der Waals surface area contributed by atoms with Gasteiger partial charge in [0.1, 0.15) is 0 Å². The first kappa shape index (κ1) is 17.1. The van der Waals surface area contributed by atoms with Crippen LogP contribution in [0.4, 0.5) is 0 Å². The van der Waals surface area contributed by atoms with E-state index in [0.29, 0.717) is 0 Å². The van der Waals surface area contributed by atoms with E-state index in [0.717, 1.165) is 26.4 Å². The Balaban J connectivity index is -0.000000107. The summed E-state index contributed by atoms with van der Waals surface area (Å²) in [5.74, 6) is 0. The smallest absolute Gasteiger partial charge is 0.0437 e. The van der Waals surface area contributed by atoms with Crippen LogP contribution in [0.15, 0.2) is 0 Å². The minimum Gasteiger partial charge on any atom is -0.412 e. The van der Waals surface area contributed by atoms with Gasteiger partial charge < -0.3 is 14.9 Å². The molecule has 11 heavy (non-hydrogen) atoms. The van der Waals surface area contributed by atoms with Crippen LogP contribution in [0.2, 0.25) is 0 Å². The fourth-order valence-electron chi connectivity index (χ4n) is 0.408. The lowest BCUT2D eigenvalue weighted by atomic mass is 10.8. The molecule has 3 heteroatoms. The molecule has 0 spiro atoms. The van der Waals surface area contributed by atoms with Gasteiger partial charge in [-0.25, -0.2) is 0 Å². The molecule has 0 heterocycles. The SMILES string of the molecule is CCOCC.CCOCC.O. The van der Waals surface area contributed by atoms with Gasteiger partial charge in [0, 0.05) is 26.4 Å². The second-order valence-corrected chi connectivity index (χ2v) is 1.56. The molecule has 3 nitrogen and oxygen atoms in total. The van der Waals surface area contributed by atoms with Crippen molar-refractivity contribution in [2.24, 2.45) is 0 Å². The number of rotatable bonds is 4. The second kappa shape index (κ2) is 22.5. The van der Waals surface area contributed by atoms with Crippen LogP contribution in [0.3, 0.4) is 0 Å². The molecule has 0 radical (unpaired) electrons. The van der Waals surface area contributed by atoms with E-state index in [4.69, 9.17) is 9.47 Å². The van der Waals surface area contributed by atoms with Crippen LogP contribution in [0.1, 0.15) is 27.7 Å². The first-order valence-electron chi connectivity index (χ1n) is 3.98. The third-order valence-electron chi connectivity index (χ3n) is 0.816. The molecule has 0 aromatic carbocycles. The lowest BCUT2D eigenvalue weighted by molar-refractivity contribution is 0.162. The Hall–Kier alpha value is -0.120. The Morgan fingerprint density at radius 2 is 0.818 bits per heavy atom. The zero-order valence-corrected chi connectivity index (χ0v) is 8.14. The molecular weight excluding hydrogens is 144 g/mol. The van der Waals surface area contributed by atoms with Gasteiger partial charge in [0.05, 0.1) is 0 Å². The van der Waals surface area contributed by atoms with E-state index in [9.17, 15) is 0 Å². The monoisotopic (exact) mass is 166 g/mol. The zero-order chi connectivity index (χ0) is 8.24. The largest absolute Gasteiger partial charge is 0.412 e. The van der Waals surface area contributed by atoms with E-state index in [1.54, 1.807) is 0 Å². The molecule has 0 saturated heterocycles. The van der Waals surface area contributed by atoms with E-state index in [2.05, 4.69) is 0 Å². The van der Waals surface area contributed by atoms with Gasteiger partial charge in [-0.15, -0.1) is 0 Å². The van der Waals surface area contributed by atoms with Crippen LogP contribution < -0.4 is 0 Å². The van der Waals surface area contributed by atoms with Crippen molar-refractivity contribution in [2.45, 2.75) is 27.7 Å². The van der Waals surface area contributed by atoms with Gasteiger partial charge in [0.25, 0.3) is 0 Å². The fourth-order valence-corrected chi connectivity index (χ4v) is 0.408. The van der Waals surface area contributed by atoms with E-state index in [-0.39, 0.29) is 5.48 Å². The molecule has 0 bridgehead atoms. The molecule has 2 N–H and O–H groups in total. The average molecular weight is 166 g/mol. The Kier molecular flexibility index (Phi) is 35.0. The normalized spacial score (nSPS) is 7.64. The molecule has 0 saturated carbocycles. The van der Waals surface area contributed by atoms with Crippen molar-refractivity contribution in [1.29, 1.82) is 0 Å². The van der Waals surface area contributed by atoms with Crippen molar-refractivity contribution in [1.82, 2.24) is 0 Å². The quantitative estimate of drug-likeness (QED) is 0.631. The highest BCUT2D eigenvalue weighted by Gasteiger charge is 1.64. The molecule has 0 aromatic rings. The summed E-state index contributed by atoms with van der Waals surface area (Å²) in [7, 11) is 0. The maximum absolute atomic E-state index is 4.83. The number of hydrogen-bond donors (Lipinski definition) is 0. The fraction of sp³-hybridized carbons (Fsp3) is 1.00. The number of hydrogen-bond acceptors (Lipinski definition) is 2. The highest BCUT2D eigenvalue weighted by molar-refractivity contribution is 4.07. The summed E-state index contributed by atoms with van der Waals surface area (Å²) in [6.45, 7) is 11.3. The third-order valence-corrected chi connectivity index (χ3v) is 0.816. The van der Waals surface area contributed by atoms with Gasteiger partial charge >= 0.3 is 0 Å². The molecule has 0 aliphatic carbocycles. The molecule has 0 aliphatic rings. The standard InChI is InChI=1S/2C4H10O.H2O/c2*1-3-5-4-2;/h2*3-4H2,1-2H3;1H2. The van der Waals surface area contributed by atoms with Crippen LogP contribution in [-0.4, -0.2) is 31.9 Å². The predicted molar refractivity (Wildman–Crippen MR) is 47.9 cm³/mol. The van der Waals surface area contributed by atoms with E-state index >= 15 is 0 Å². The van der Waals surface area contributed by atoms with Crippen LogP contribution in [0.5, 0.6) is 0 Å². The summed E-state index contributed by atoms with van der Waals surface area (Å²) in [6, 6.07) is 0. The summed E-state index contributed by atoms with van der Waals surface area (Å²) in [5, 5.41) is 0. The molecule has 0 fully saturated rings. The maximum atomic E-state index is 4.83. The maximum Gasteiger partial charge on any atom is 0.0437 e. The minimum absolute atomic E-state index is 0. The van der Waals surface area contributed by atoms with Gasteiger partial charge in [0.2, 0.25) is 0 Å². The van der Waals surface area contributed by atoms with Crippen molar-refractivity contribution in [3.63, 3.8) is 0 Å². The highest BCUT2D eigenvalue weighted by atomic mass is 16.5. The summed E-state index contributed by atoms with van der Waals surface area (Å²) in [5.41, 5.74) is 0. The summed E-state index contributed by atoms with van der Waals surface area (Å²) in [4.78, 5) is 0. The highest BCUT2D eigenvalue weighted by Crippen LogP contribution is 1.64. The van der Waals surface area contributed by atoms with Crippen LogP contribution in [-0.2, 0) is 9.47 Å². The summed E-state index contributed by atoms with van der Waals surface area (Å²) in [6.07, 6.45) is 0. The van der Waals surface area contributed by atoms with E-state index in [1.165, 1.54) is 0 Å². The van der Waals surface area contributed by atoms with Gasteiger partial charge in [0.15, 0.2) is 0 Å². The summed E-state index contributed by atoms with van der Waals surface area (Å²) < 4.78 is 9.67. The Bertz CT molecular complexity index is 30.3.